The fraction of sp³-hybridized carbons (Fsp3) is 0.135. The lowest BCUT2D eigenvalue weighted by Gasteiger charge is -2.28. The van der Waals surface area contributed by atoms with Gasteiger partial charge < -0.3 is 40.9 Å². The summed E-state index contributed by atoms with van der Waals surface area (Å²) in [7, 11) is 0. The Morgan fingerprint density at radius 2 is 1.13 bits per heavy atom. The summed E-state index contributed by atoms with van der Waals surface area (Å²) in [6.45, 7) is 1.28. The normalized spacial score (nSPS) is 11.2. The summed E-state index contributed by atoms with van der Waals surface area (Å²) in [6, 6.07) is 29.6. The Hall–Kier alpha value is -5.76. The van der Waals surface area contributed by atoms with Crippen molar-refractivity contribution in [3.8, 4) is 34.5 Å². The smallest absolute Gasteiger partial charge is 0.133 e. The van der Waals surface area contributed by atoms with Gasteiger partial charge in [0.05, 0.1) is 10.8 Å². The van der Waals surface area contributed by atoms with Gasteiger partial charge in [-0.15, -0.1) is 0 Å². The van der Waals surface area contributed by atoms with E-state index in [2.05, 4.69) is 10.2 Å². The highest BCUT2D eigenvalue weighted by Gasteiger charge is 2.22. The number of nitrogens with one attached hydrogen (secondary N) is 1. The molecular formula is C37H34N2O6. The van der Waals surface area contributed by atoms with Gasteiger partial charge in [0.1, 0.15) is 34.5 Å². The second-order valence-corrected chi connectivity index (χ2v) is 11.1. The molecule has 8 nitrogen and oxygen atoms in total. The first kappa shape index (κ1) is 29.3. The first-order chi connectivity index (χ1) is 21.8. The number of fused-ring (bicyclic) bond motifs is 2. The molecule has 6 rings (SSSR count). The largest absolute Gasteiger partial charge is 0.508 e. The summed E-state index contributed by atoms with van der Waals surface area (Å²) in [5.74, 6) is 0.335. The molecule has 0 fully saturated rings. The van der Waals surface area contributed by atoms with Crippen LogP contribution < -0.4 is 10.2 Å². The minimum absolute atomic E-state index is 0.0215. The summed E-state index contributed by atoms with van der Waals surface area (Å²) < 4.78 is 0. The summed E-state index contributed by atoms with van der Waals surface area (Å²) in [5.41, 5.74) is 3.47. The lowest BCUT2D eigenvalue weighted by atomic mass is 9.97. The van der Waals surface area contributed by atoms with Gasteiger partial charge in [0.2, 0.25) is 0 Å². The highest BCUT2D eigenvalue weighted by atomic mass is 16.3. The zero-order chi connectivity index (χ0) is 31.5. The van der Waals surface area contributed by atoms with Crippen molar-refractivity contribution >= 4 is 32.9 Å². The van der Waals surface area contributed by atoms with Gasteiger partial charge in [-0.05, 0) is 78.1 Å². The molecule has 0 saturated heterocycles. The fourth-order valence-electron chi connectivity index (χ4n) is 5.87. The van der Waals surface area contributed by atoms with Crippen LogP contribution in [0.25, 0.3) is 21.5 Å². The maximum atomic E-state index is 11.8. The molecule has 8 heteroatoms. The Bertz CT molecular complexity index is 1990. The average Bonchev–Trinajstić information content (AvgIpc) is 3.05. The monoisotopic (exact) mass is 602 g/mol. The topological polar surface area (TPSA) is 137 Å². The van der Waals surface area contributed by atoms with E-state index >= 15 is 0 Å². The van der Waals surface area contributed by atoms with Crippen LogP contribution in [-0.4, -0.2) is 43.7 Å². The number of phenolic OH excluding ortho intramolecular Hbond substituents is 6. The molecule has 0 unspecified atom stereocenters. The number of benzene rings is 6. The van der Waals surface area contributed by atoms with Crippen molar-refractivity contribution in [2.75, 3.05) is 23.3 Å². The van der Waals surface area contributed by atoms with Crippen LogP contribution in [0.1, 0.15) is 16.7 Å². The van der Waals surface area contributed by atoms with Crippen LogP contribution >= 0.6 is 0 Å². The van der Waals surface area contributed by atoms with Crippen molar-refractivity contribution < 1.29 is 30.6 Å². The summed E-state index contributed by atoms with van der Waals surface area (Å²) in [6.07, 6.45) is 0.805. The van der Waals surface area contributed by atoms with E-state index in [1.807, 2.05) is 48.5 Å². The molecule has 228 valence electrons. The molecule has 0 radical (unpaired) electrons. The second kappa shape index (κ2) is 12.5. The van der Waals surface area contributed by atoms with E-state index in [1.54, 1.807) is 24.3 Å². The van der Waals surface area contributed by atoms with Gasteiger partial charge in [-0.3, -0.25) is 0 Å². The molecule has 0 bridgehead atoms. The van der Waals surface area contributed by atoms with E-state index in [4.69, 9.17) is 0 Å². The first-order valence-electron chi connectivity index (χ1n) is 14.7. The molecule has 0 spiro atoms. The van der Waals surface area contributed by atoms with Crippen LogP contribution in [0.4, 0.5) is 11.4 Å². The third-order valence-corrected chi connectivity index (χ3v) is 8.14. The molecule has 0 saturated carbocycles. The lowest BCUT2D eigenvalue weighted by Crippen LogP contribution is -2.25. The molecule has 0 aliphatic heterocycles. The quantitative estimate of drug-likeness (QED) is 0.0650. The van der Waals surface area contributed by atoms with Crippen molar-refractivity contribution in [3.63, 3.8) is 0 Å². The van der Waals surface area contributed by atoms with Crippen LogP contribution in [-0.2, 0) is 19.4 Å². The predicted molar refractivity (Wildman–Crippen MR) is 178 cm³/mol. The molecule has 0 aliphatic rings. The Morgan fingerprint density at radius 1 is 0.556 bits per heavy atom. The molecule has 0 aromatic heterocycles. The third kappa shape index (κ3) is 6.03. The SMILES string of the molecule is Oc1ccc(O)c(CCNc2ccc(N(CCc3cc(O)ccc3O)Cc3ccccc3)c3c(O)c4ccccc4c(O)c23)c1. The molecular weight excluding hydrogens is 568 g/mol. The highest BCUT2D eigenvalue weighted by molar-refractivity contribution is 6.18. The standard InChI is InChI=1S/C37H34N2O6/c40-26-10-14-32(42)24(20-26)16-18-38-30-12-13-31(35-34(30)36(44)28-8-4-5-9-29(28)37(35)45)39(22-23-6-2-1-3-7-23)19-17-25-21-27(41)11-15-33(25)43/h1-15,20-21,38,40-45H,16-19,22H2. The molecule has 7 N–H and O–H groups in total. The highest BCUT2D eigenvalue weighted by Crippen LogP contribution is 2.48. The van der Waals surface area contributed by atoms with Crippen LogP contribution in [0.5, 0.6) is 34.5 Å². The van der Waals surface area contributed by atoms with Gasteiger partial charge in [0.25, 0.3) is 0 Å². The molecule has 45 heavy (non-hydrogen) atoms. The molecule has 0 atom stereocenters. The Labute approximate surface area is 260 Å². The Kier molecular flexibility index (Phi) is 8.12. The maximum Gasteiger partial charge on any atom is 0.133 e. The Balaban J connectivity index is 1.45. The van der Waals surface area contributed by atoms with Crippen molar-refractivity contribution in [1.29, 1.82) is 0 Å². The number of phenols is 6. The molecule has 6 aromatic rings. The van der Waals surface area contributed by atoms with Crippen LogP contribution in [0.3, 0.4) is 0 Å². The summed E-state index contributed by atoms with van der Waals surface area (Å²) in [5, 5.41) is 69.4. The summed E-state index contributed by atoms with van der Waals surface area (Å²) in [4.78, 5) is 2.09. The van der Waals surface area contributed by atoms with Crippen molar-refractivity contribution in [2.45, 2.75) is 19.4 Å². The van der Waals surface area contributed by atoms with Gasteiger partial charge in [-0.25, -0.2) is 0 Å². The van der Waals surface area contributed by atoms with Gasteiger partial charge in [-0.1, -0.05) is 54.6 Å². The average molecular weight is 603 g/mol. The predicted octanol–water partition coefficient (Wildman–Crippen LogP) is 7.13. The van der Waals surface area contributed by atoms with Gasteiger partial charge in [0, 0.05) is 41.8 Å². The molecule has 0 aliphatic carbocycles. The number of aromatic hydroxyl groups is 6. The van der Waals surface area contributed by atoms with Crippen molar-refractivity contribution in [2.24, 2.45) is 0 Å². The molecule has 0 amide bonds. The number of nitrogens with zero attached hydrogens (tertiary/aromatic N) is 1. The first-order valence-corrected chi connectivity index (χ1v) is 14.7. The second-order valence-electron chi connectivity index (χ2n) is 11.1. The van der Waals surface area contributed by atoms with Crippen LogP contribution in [0, 0.1) is 0 Å². The lowest BCUT2D eigenvalue weighted by molar-refractivity contribution is 0.454. The summed E-state index contributed by atoms with van der Waals surface area (Å²) >= 11 is 0. The third-order valence-electron chi connectivity index (χ3n) is 8.14. The van der Waals surface area contributed by atoms with Gasteiger partial charge in [-0.2, -0.15) is 0 Å². The van der Waals surface area contributed by atoms with Gasteiger partial charge >= 0.3 is 0 Å². The molecule has 0 heterocycles. The number of hydrogen-bond donors (Lipinski definition) is 7. The van der Waals surface area contributed by atoms with Crippen LogP contribution in [0.2, 0.25) is 0 Å². The van der Waals surface area contributed by atoms with Crippen molar-refractivity contribution in [1.82, 2.24) is 0 Å². The number of anilines is 2. The Morgan fingerprint density at radius 3 is 1.78 bits per heavy atom. The van der Waals surface area contributed by atoms with E-state index in [9.17, 15) is 30.6 Å². The van der Waals surface area contributed by atoms with E-state index in [0.717, 1.165) is 5.56 Å². The number of hydrogen-bond acceptors (Lipinski definition) is 8. The van der Waals surface area contributed by atoms with Gasteiger partial charge in [0.15, 0.2) is 0 Å². The zero-order valence-electron chi connectivity index (χ0n) is 24.5. The zero-order valence-corrected chi connectivity index (χ0v) is 24.5. The van der Waals surface area contributed by atoms with E-state index in [1.165, 1.54) is 30.3 Å². The van der Waals surface area contributed by atoms with E-state index in [0.29, 0.717) is 76.5 Å². The number of rotatable bonds is 10. The fourth-order valence-corrected chi connectivity index (χ4v) is 5.87. The van der Waals surface area contributed by atoms with E-state index < -0.39 is 0 Å². The van der Waals surface area contributed by atoms with E-state index in [-0.39, 0.29) is 34.5 Å². The van der Waals surface area contributed by atoms with Crippen molar-refractivity contribution in [3.05, 3.63) is 120 Å². The molecule has 6 aromatic carbocycles. The minimum atomic E-state index is 0.0215. The minimum Gasteiger partial charge on any atom is -0.508 e. The van der Waals surface area contributed by atoms with Crippen LogP contribution in [0.15, 0.2) is 103 Å². The maximum absolute atomic E-state index is 11.8.